The van der Waals surface area contributed by atoms with Crippen LogP contribution in [-0.4, -0.2) is 18.2 Å². The first-order valence-corrected chi connectivity index (χ1v) is 9.00. The van der Waals surface area contributed by atoms with Crippen LogP contribution in [0.25, 0.3) is 0 Å². The van der Waals surface area contributed by atoms with E-state index in [1.807, 2.05) is 0 Å². The molecule has 0 aliphatic rings. The minimum atomic E-state index is -3.87. The van der Waals surface area contributed by atoms with Crippen LogP contribution in [0.2, 0.25) is 0 Å². The second kappa shape index (κ2) is 8.25. The SMILES string of the molecule is CC(CCC(C)C(C)C)CC(C)CC(C)S(=O)(=O)O. The Morgan fingerprint density at radius 1 is 0.842 bits per heavy atom. The predicted molar refractivity (Wildman–Crippen MR) is 81.8 cm³/mol. The number of hydrogen-bond acceptors (Lipinski definition) is 2. The summed E-state index contributed by atoms with van der Waals surface area (Å²) in [4.78, 5) is 0. The van der Waals surface area contributed by atoms with Crippen molar-refractivity contribution in [2.45, 2.75) is 72.5 Å². The van der Waals surface area contributed by atoms with E-state index in [4.69, 9.17) is 4.55 Å². The number of hydrogen-bond donors (Lipinski definition) is 1. The standard InChI is InChI=1S/C15H32O3S/c1-11(2)14(5)8-7-12(3)9-13(4)10-15(6)19(16,17)18/h11-15H,7-10H2,1-6H3,(H,16,17,18). The van der Waals surface area contributed by atoms with Crippen molar-refractivity contribution < 1.29 is 13.0 Å². The van der Waals surface area contributed by atoms with E-state index in [0.29, 0.717) is 18.3 Å². The zero-order chi connectivity index (χ0) is 15.2. The maximum atomic E-state index is 11.0. The van der Waals surface area contributed by atoms with Crippen LogP contribution < -0.4 is 0 Å². The fraction of sp³-hybridized carbons (Fsp3) is 1.00. The first-order chi connectivity index (χ1) is 8.54. The highest BCUT2D eigenvalue weighted by Crippen LogP contribution is 2.25. The Balaban J connectivity index is 4.03. The third-order valence-electron chi connectivity index (χ3n) is 4.30. The molecule has 0 spiro atoms. The molecule has 0 aromatic heterocycles. The normalized spacial score (nSPS) is 19.2. The van der Waals surface area contributed by atoms with Crippen molar-refractivity contribution in [3.8, 4) is 0 Å². The molecule has 1 N–H and O–H groups in total. The first kappa shape index (κ1) is 18.9. The highest BCUT2D eigenvalue weighted by Gasteiger charge is 2.21. The molecule has 0 aliphatic heterocycles. The molecule has 0 radical (unpaired) electrons. The van der Waals surface area contributed by atoms with Gasteiger partial charge in [0.25, 0.3) is 10.1 Å². The van der Waals surface area contributed by atoms with Crippen molar-refractivity contribution >= 4 is 10.1 Å². The van der Waals surface area contributed by atoms with Crippen LogP contribution in [0.1, 0.15) is 67.2 Å². The Morgan fingerprint density at radius 2 is 1.37 bits per heavy atom. The van der Waals surface area contributed by atoms with Crippen molar-refractivity contribution in [1.82, 2.24) is 0 Å². The summed E-state index contributed by atoms with van der Waals surface area (Å²) in [7, 11) is -3.87. The summed E-state index contributed by atoms with van der Waals surface area (Å²) >= 11 is 0. The van der Waals surface area contributed by atoms with Gasteiger partial charge in [0.2, 0.25) is 0 Å². The van der Waals surface area contributed by atoms with E-state index in [9.17, 15) is 8.42 Å². The van der Waals surface area contributed by atoms with Crippen LogP contribution in [0, 0.1) is 23.7 Å². The summed E-state index contributed by atoms with van der Waals surface area (Å²) in [5.74, 6) is 2.42. The Labute approximate surface area is 119 Å². The first-order valence-electron chi connectivity index (χ1n) is 7.50. The van der Waals surface area contributed by atoms with E-state index >= 15 is 0 Å². The lowest BCUT2D eigenvalue weighted by molar-refractivity contribution is 0.314. The molecule has 0 aromatic rings. The van der Waals surface area contributed by atoms with Crippen molar-refractivity contribution in [3.63, 3.8) is 0 Å². The third kappa shape index (κ3) is 8.64. The summed E-state index contributed by atoms with van der Waals surface area (Å²) in [6.45, 7) is 12.7. The van der Waals surface area contributed by atoms with Crippen molar-refractivity contribution in [3.05, 3.63) is 0 Å². The Bertz CT molecular complexity index is 335. The van der Waals surface area contributed by atoms with Gasteiger partial charge in [0.05, 0.1) is 5.25 Å². The van der Waals surface area contributed by atoms with Gasteiger partial charge in [-0.15, -0.1) is 0 Å². The van der Waals surface area contributed by atoms with E-state index in [1.54, 1.807) is 6.92 Å². The second-order valence-corrected chi connectivity index (χ2v) is 8.64. The van der Waals surface area contributed by atoms with Crippen LogP contribution in [-0.2, 0) is 10.1 Å². The second-order valence-electron chi connectivity index (χ2n) is 6.81. The number of rotatable bonds is 9. The van der Waals surface area contributed by atoms with Gasteiger partial charge >= 0.3 is 0 Å². The van der Waals surface area contributed by atoms with Crippen LogP contribution in [0.5, 0.6) is 0 Å². The fourth-order valence-electron chi connectivity index (χ4n) is 2.47. The smallest absolute Gasteiger partial charge is 0.267 e. The Kier molecular flexibility index (Phi) is 8.21. The molecule has 0 aliphatic carbocycles. The lowest BCUT2D eigenvalue weighted by Gasteiger charge is -2.22. The van der Waals surface area contributed by atoms with Gasteiger partial charge in [-0.1, -0.05) is 47.5 Å². The average Bonchev–Trinajstić information content (AvgIpc) is 2.23. The zero-order valence-electron chi connectivity index (χ0n) is 13.4. The van der Waals surface area contributed by atoms with E-state index < -0.39 is 15.4 Å². The molecular weight excluding hydrogens is 260 g/mol. The van der Waals surface area contributed by atoms with E-state index in [2.05, 4.69) is 34.6 Å². The quantitative estimate of drug-likeness (QED) is 0.641. The molecular formula is C15H32O3S. The van der Waals surface area contributed by atoms with Gasteiger partial charge in [-0.25, -0.2) is 0 Å². The molecule has 0 heterocycles. The monoisotopic (exact) mass is 292 g/mol. The fourth-order valence-corrected chi connectivity index (χ4v) is 3.04. The third-order valence-corrected chi connectivity index (χ3v) is 5.51. The van der Waals surface area contributed by atoms with Gasteiger partial charge in [-0.05, 0) is 43.4 Å². The van der Waals surface area contributed by atoms with Gasteiger partial charge in [0.15, 0.2) is 0 Å². The molecule has 0 saturated carbocycles. The van der Waals surface area contributed by atoms with Gasteiger partial charge in [-0.2, -0.15) is 8.42 Å². The predicted octanol–water partition coefficient (Wildman–Crippen LogP) is 4.39. The minimum Gasteiger partial charge on any atom is -0.285 e. The summed E-state index contributed by atoms with van der Waals surface area (Å²) in [6, 6.07) is 0. The molecule has 0 rings (SSSR count). The maximum absolute atomic E-state index is 11.0. The Hall–Kier alpha value is -0.0900. The summed E-state index contributed by atoms with van der Waals surface area (Å²) < 4.78 is 31.0. The van der Waals surface area contributed by atoms with Crippen LogP contribution in [0.3, 0.4) is 0 Å². The van der Waals surface area contributed by atoms with Crippen LogP contribution >= 0.6 is 0 Å². The molecule has 0 fully saturated rings. The summed E-state index contributed by atoms with van der Waals surface area (Å²) in [5, 5.41) is -0.649. The molecule has 0 saturated heterocycles. The van der Waals surface area contributed by atoms with E-state index in [0.717, 1.165) is 18.3 Å². The summed E-state index contributed by atoms with van der Waals surface area (Å²) in [6.07, 6.45) is 4.01. The zero-order valence-corrected chi connectivity index (χ0v) is 14.2. The van der Waals surface area contributed by atoms with Crippen molar-refractivity contribution in [2.75, 3.05) is 0 Å². The highest BCUT2D eigenvalue weighted by atomic mass is 32.2. The van der Waals surface area contributed by atoms with Crippen LogP contribution in [0.4, 0.5) is 0 Å². The molecule has 4 atom stereocenters. The Morgan fingerprint density at radius 3 is 1.79 bits per heavy atom. The van der Waals surface area contributed by atoms with E-state index in [-0.39, 0.29) is 0 Å². The average molecular weight is 292 g/mol. The minimum absolute atomic E-state index is 0.335. The molecule has 0 aromatic carbocycles. The van der Waals surface area contributed by atoms with Gasteiger partial charge < -0.3 is 0 Å². The topological polar surface area (TPSA) is 54.4 Å². The molecule has 4 heteroatoms. The molecule has 4 unspecified atom stereocenters. The van der Waals surface area contributed by atoms with E-state index in [1.165, 1.54) is 12.8 Å². The van der Waals surface area contributed by atoms with Gasteiger partial charge in [-0.3, -0.25) is 4.55 Å². The molecule has 19 heavy (non-hydrogen) atoms. The van der Waals surface area contributed by atoms with Crippen molar-refractivity contribution in [1.29, 1.82) is 0 Å². The maximum Gasteiger partial charge on any atom is 0.267 e. The lowest BCUT2D eigenvalue weighted by atomic mass is 9.86. The molecule has 3 nitrogen and oxygen atoms in total. The molecule has 116 valence electrons. The lowest BCUT2D eigenvalue weighted by Crippen LogP contribution is -2.20. The van der Waals surface area contributed by atoms with Gasteiger partial charge in [0.1, 0.15) is 0 Å². The van der Waals surface area contributed by atoms with Crippen molar-refractivity contribution in [2.24, 2.45) is 23.7 Å². The largest absolute Gasteiger partial charge is 0.285 e. The van der Waals surface area contributed by atoms with Crippen LogP contribution in [0.15, 0.2) is 0 Å². The summed E-state index contributed by atoms with van der Waals surface area (Å²) in [5.41, 5.74) is 0. The molecule has 0 bridgehead atoms. The molecule has 0 amide bonds. The highest BCUT2D eigenvalue weighted by molar-refractivity contribution is 7.86. The van der Waals surface area contributed by atoms with Gasteiger partial charge in [0, 0.05) is 0 Å².